The highest BCUT2D eigenvalue weighted by Gasteiger charge is 2.32. The van der Waals surface area contributed by atoms with Gasteiger partial charge in [0.2, 0.25) is 35.5 Å². The van der Waals surface area contributed by atoms with Crippen LogP contribution in [0.1, 0.15) is 0 Å². The van der Waals surface area contributed by atoms with Crippen LogP contribution in [0.5, 0.6) is 11.8 Å². The summed E-state index contributed by atoms with van der Waals surface area (Å²) in [4.78, 5) is 58.2. The van der Waals surface area contributed by atoms with Gasteiger partial charge in [-0.05, 0) is 76.7 Å². The Morgan fingerprint density at radius 2 is 0.955 bits per heavy atom. The van der Waals surface area contributed by atoms with Crippen LogP contribution in [0.2, 0.25) is 0 Å². The van der Waals surface area contributed by atoms with Crippen molar-refractivity contribution in [3.8, 4) is 34.3 Å². The van der Waals surface area contributed by atoms with E-state index in [1.54, 1.807) is 48.4 Å². The normalized spacial score (nSPS) is 11.4. The van der Waals surface area contributed by atoms with Gasteiger partial charge < -0.3 is 59.5 Å². The van der Waals surface area contributed by atoms with Gasteiger partial charge in [-0.1, -0.05) is 49.6 Å². The van der Waals surface area contributed by atoms with E-state index >= 15 is 0 Å². The zero-order valence-corrected chi connectivity index (χ0v) is 52.5. The Morgan fingerprint density at radius 1 is 0.602 bits per heavy atom. The molecule has 0 aliphatic carbocycles. The summed E-state index contributed by atoms with van der Waals surface area (Å²) < 4.78 is 119. The number of carbonyl (C=O) groups is 2. The Bertz CT molecular complexity index is 3610. The number of amides is 2. The van der Waals surface area contributed by atoms with Crippen molar-refractivity contribution in [1.29, 1.82) is 0 Å². The number of aromatic nitrogens is 8. The molecule has 0 saturated heterocycles. The highest BCUT2D eigenvalue weighted by atomic mass is 127. The number of alkyl halides is 6. The molecule has 0 unspecified atom stereocenters. The van der Waals surface area contributed by atoms with E-state index in [1.165, 1.54) is 12.1 Å². The van der Waals surface area contributed by atoms with Crippen LogP contribution in [0, 0.1) is 0 Å². The molecule has 5 N–H and O–H groups in total. The van der Waals surface area contributed by atoms with Gasteiger partial charge in [0, 0.05) is 112 Å². The minimum atomic E-state index is -4.60. The fourth-order valence-corrected chi connectivity index (χ4v) is 8.19. The Kier molecular flexibility index (Phi) is 24.5. The summed E-state index contributed by atoms with van der Waals surface area (Å²) in [7, 11) is 11.2. The number of nitrogens with one attached hydrogen (secondary N) is 4. The predicted octanol–water partition coefficient (Wildman–Crippen LogP) is 9.80. The van der Waals surface area contributed by atoms with Crippen LogP contribution >= 0.6 is 24.0 Å². The summed E-state index contributed by atoms with van der Waals surface area (Å²) in [6, 6.07) is 22.0. The Hall–Kier alpha value is -8.66. The molecular weight excluding hydrogens is 1290 g/mol. The number of carbonyl (C=O) groups excluding carboxylic acids is 2. The molecule has 0 bridgehead atoms. The number of para-hydroxylation sites is 2. The number of rotatable bonds is 22. The third kappa shape index (κ3) is 20.8. The maximum atomic E-state index is 13.2. The largest absolute Gasteiger partial charge is 0.466 e. The van der Waals surface area contributed by atoms with Crippen LogP contribution in [0.25, 0.3) is 44.3 Å². The molecule has 0 radical (unpaired) electrons. The van der Waals surface area contributed by atoms with Gasteiger partial charge in [-0.25, -0.2) is 19.9 Å². The first-order chi connectivity index (χ1) is 40.9. The van der Waals surface area contributed by atoms with E-state index in [-0.39, 0.29) is 82.0 Å². The summed E-state index contributed by atoms with van der Waals surface area (Å²) in [5.41, 5.74) is 5.50. The molecule has 88 heavy (non-hydrogen) atoms. The number of fused-ring (bicyclic) bond motifs is 2. The second-order valence-electron chi connectivity index (χ2n) is 19.9. The predicted molar refractivity (Wildman–Crippen MR) is 340 cm³/mol. The molecule has 2 aromatic carbocycles. The van der Waals surface area contributed by atoms with Crippen molar-refractivity contribution < 1.29 is 58.4 Å². The summed E-state index contributed by atoms with van der Waals surface area (Å²) in [5, 5.41) is 13.2. The van der Waals surface area contributed by atoms with Crippen molar-refractivity contribution in [2.45, 2.75) is 12.4 Å². The lowest BCUT2D eigenvalue weighted by Gasteiger charge is -2.25. The van der Waals surface area contributed by atoms with E-state index < -0.39 is 47.5 Å². The summed E-state index contributed by atoms with van der Waals surface area (Å²) >= 11 is 0. The number of anilines is 8. The molecule has 6 heterocycles. The van der Waals surface area contributed by atoms with Crippen molar-refractivity contribution in [3.05, 3.63) is 123 Å². The lowest BCUT2D eigenvalue weighted by Crippen LogP contribution is -2.30. The van der Waals surface area contributed by atoms with Crippen LogP contribution in [0.15, 0.2) is 123 Å². The molecule has 0 aliphatic rings. The van der Waals surface area contributed by atoms with Crippen molar-refractivity contribution in [2.75, 3.05) is 119 Å². The number of pyridine rings is 2. The lowest BCUT2D eigenvalue weighted by atomic mass is 10.1. The van der Waals surface area contributed by atoms with Crippen molar-refractivity contribution >= 4 is 114 Å². The number of benzene rings is 2. The summed E-state index contributed by atoms with van der Waals surface area (Å²) in [5.74, 6) is -1.05. The van der Waals surface area contributed by atoms with Crippen LogP contribution < -0.4 is 40.5 Å². The highest BCUT2D eigenvalue weighted by Crippen LogP contribution is 2.39. The van der Waals surface area contributed by atoms with Gasteiger partial charge in [-0.3, -0.25) is 14.1 Å². The molecule has 31 heteroatoms. The Morgan fingerprint density at radius 3 is 1.28 bits per heavy atom. The molecule has 23 nitrogen and oxygen atoms in total. The second-order valence-corrected chi connectivity index (χ2v) is 21.4. The number of hydrogen-bond donors (Lipinski definition) is 5. The molecule has 0 saturated carbocycles. The molecule has 8 aromatic rings. The number of likely N-dealkylation sites (N-methyl/N-ethyl adjacent to an activating group) is 4. The first-order valence-electron chi connectivity index (χ1n) is 26.2. The number of nitrogens with zero attached hydrogens (tertiary/aromatic N) is 12. The lowest BCUT2D eigenvalue weighted by molar-refractivity contribution is -0.154. The standard InChI is InChI=1S/2C28H31F3N8O2.CH4O3S.HI/c2*1-6-24(40)33-21-15-22(26(41-17-28(29,30)31)36-25(21)38(4)14-13-37(2)3)35-27-32-12-11-20(34-27)19-16-39(5)23-10-8-7-9-18(19)23;1-5(2,3)4;/h2*6-12,15-16H,1,13-14,17H2,2-5H3,(H,33,40)(H,32,34,35);1H3,(H,2,3,4);1H. The van der Waals surface area contributed by atoms with Gasteiger partial charge in [-0.2, -0.15) is 44.7 Å². The minimum absolute atomic E-state index is 0. The van der Waals surface area contributed by atoms with E-state index in [2.05, 4.69) is 64.3 Å². The molecule has 0 spiro atoms. The second kappa shape index (κ2) is 30.8. The van der Waals surface area contributed by atoms with Crippen molar-refractivity contribution in [1.82, 2.24) is 48.8 Å². The highest BCUT2D eigenvalue weighted by molar-refractivity contribution is 14.0. The van der Waals surface area contributed by atoms with E-state index in [9.17, 15) is 44.3 Å². The molecule has 0 aliphatic heterocycles. The van der Waals surface area contributed by atoms with Crippen LogP contribution in [-0.2, 0) is 33.8 Å². The van der Waals surface area contributed by atoms with Crippen molar-refractivity contribution in [3.63, 3.8) is 0 Å². The molecule has 472 valence electrons. The van der Waals surface area contributed by atoms with Crippen LogP contribution in [0.3, 0.4) is 0 Å². The molecule has 8 rings (SSSR count). The number of hydrogen-bond acceptors (Lipinski definition) is 18. The minimum Gasteiger partial charge on any atom is -0.466 e. The SMILES string of the molecule is C=CC(=O)Nc1cc(Nc2nccc(-c3cn(C)c4ccccc34)n2)c(OCC(F)(F)F)nc1N(C)CCN(C)C.C=CC(=O)Nc1cc(Nc2nccc(-c3cn(C)c4ccccc34)n2)c(OCC(F)(F)F)nc1N(C)CCN(C)C.CS(=O)(=O)O.I. The zero-order valence-electron chi connectivity index (χ0n) is 49.4. The third-order valence-corrected chi connectivity index (χ3v) is 12.2. The fraction of sp³-hybridized carbons (Fsp3) is 0.298. The third-order valence-electron chi connectivity index (χ3n) is 12.2. The first kappa shape index (κ1) is 70.1. The van der Waals surface area contributed by atoms with Gasteiger partial charge in [0.05, 0.1) is 29.0 Å². The Balaban J connectivity index is 0.000000294. The van der Waals surface area contributed by atoms with Crippen molar-refractivity contribution in [2.24, 2.45) is 14.1 Å². The average molecular weight is 1360 g/mol. The summed E-state index contributed by atoms with van der Waals surface area (Å²) in [6.07, 6.45) is 0.651. The zero-order chi connectivity index (χ0) is 64.0. The summed E-state index contributed by atoms with van der Waals surface area (Å²) in [6.45, 7) is 6.02. The first-order valence-corrected chi connectivity index (χ1v) is 28.0. The molecule has 2 amide bonds. The molecule has 0 fully saturated rings. The Labute approximate surface area is 521 Å². The fourth-order valence-electron chi connectivity index (χ4n) is 8.19. The van der Waals surface area contributed by atoms with Gasteiger partial charge in [0.15, 0.2) is 24.8 Å². The molecular formula is C57H67F6IN16O7S. The smallest absolute Gasteiger partial charge is 0.422 e. The average Bonchev–Trinajstić information content (AvgIpc) is 2.14. The number of aryl methyl sites for hydroxylation is 2. The number of halogens is 7. The monoisotopic (exact) mass is 1360 g/mol. The van der Waals surface area contributed by atoms with Gasteiger partial charge in [0.25, 0.3) is 10.1 Å². The molecule has 0 atom stereocenters. The van der Waals surface area contributed by atoms with Crippen LogP contribution in [0.4, 0.5) is 72.6 Å². The number of ether oxygens (including phenoxy) is 2. The quantitative estimate of drug-likeness (QED) is 0.0183. The maximum Gasteiger partial charge on any atom is 0.422 e. The van der Waals surface area contributed by atoms with E-state index in [4.69, 9.17) is 14.0 Å². The molecule has 6 aromatic heterocycles. The maximum absolute atomic E-state index is 13.2. The van der Waals surface area contributed by atoms with E-state index in [0.29, 0.717) is 43.8 Å². The van der Waals surface area contributed by atoms with Gasteiger partial charge >= 0.3 is 12.4 Å². The van der Waals surface area contributed by atoms with Gasteiger partial charge in [0.1, 0.15) is 11.4 Å². The van der Waals surface area contributed by atoms with E-state index in [0.717, 1.165) is 45.1 Å². The topological polar surface area (TPSA) is 255 Å². The van der Waals surface area contributed by atoms with Gasteiger partial charge in [-0.15, -0.1) is 24.0 Å². The van der Waals surface area contributed by atoms with Crippen LogP contribution in [-0.4, -0.2) is 174 Å². The van der Waals surface area contributed by atoms with E-state index in [1.807, 2.05) is 122 Å².